The van der Waals surface area contributed by atoms with E-state index in [9.17, 15) is 14.0 Å². The molecule has 1 saturated heterocycles. The molecule has 1 fully saturated rings. The maximum Gasteiger partial charge on any atom is 0.264 e. The number of hydrogen-bond acceptors (Lipinski definition) is 4. The summed E-state index contributed by atoms with van der Waals surface area (Å²) < 4.78 is 15.0. The number of aromatic nitrogens is 2. The molecule has 1 aliphatic rings. The molecule has 8 heteroatoms. The van der Waals surface area contributed by atoms with Crippen LogP contribution in [-0.2, 0) is 4.79 Å². The van der Waals surface area contributed by atoms with Crippen molar-refractivity contribution in [2.45, 2.75) is 26.3 Å². The van der Waals surface area contributed by atoms with Crippen molar-refractivity contribution in [1.29, 1.82) is 0 Å². The van der Waals surface area contributed by atoms with Crippen LogP contribution < -0.4 is 5.32 Å². The Hall–Kier alpha value is -2.74. The zero-order chi connectivity index (χ0) is 19.1. The predicted molar refractivity (Wildman–Crippen MR) is 102 cm³/mol. The maximum absolute atomic E-state index is 13.2. The highest BCUT2D eigenvalue weighted by molar-refractivity contribution is 7.20. The second-order valence-electron chi connectivity index (χ2n) is 6.62. The first-order chi connectivity index (χ1) is 13.0. The molecule has 0 aliphatic carbocycles. The normalized spacial score (nSPS) is 17.8. The molecule has 0 unspecified atom stereocenters. The van der Waals surface area contributed by atoms with Crippen molar-refractivity contribution >= 4 is 33.4 Å². The Morgan fingerprint density at radius 2 is 2.07 bits per heavy atom. The number of fused-ring (bicyclic) bond motifs is 1. The number of thiophene rings is 1. The Balaban J connectivity index is 1.73. The standard InChI is InChI=1S/C19H19FN4O2S/c1-11-15-10-16(18(26)23-9-3-8-21-17(25)12(23)2)27-19(15)24(22-11)14-6-4-13(20)5-7-14/h4-7,10,12H,3,8-9H2,1-2H3,(H,21,25)/t12-/m1/s1. The molecule has 0 bridgehead atoms. The summed E-state index contributed by atoms with van der Waals surface area (Å²) in [5.74, 6) is -0.587. The Kier molecular flexibility index (Phi) is 4.43. The van der Waals surface area contributed by atoms with Crippen LogP contribution in [0.3, 0.4) is 0 Å². The van der Waals surface area contributed by atoms with Crippen LogP contribution in [0, 0.1) is 12.7 Å². The van der Waals surface area contributed by atoms with Gasteiger partial charge in [-0.15, -0.1) is 11.3 Å². The first kappa shape index (κ1) is 17.7. The van der Waals surface area contributed by atoms with Crippen molar-refractivity contribution in [3.63, 3.8) is 0 Å². The van der Waals surface area contributed by atoms with Crippen LogP contribution in [0.2, 0.25) is 0 Å². The summed E-state index contributed by atoms with van der Waals surface area (Å²) in [6, 6.07) is 7.41. The van der Waals surface area contributed by atoms with Gasteiger partial charge in [0, 0.05) is 18.5 Å². The Morgan fingerprint density at radius 3 is 2.81 bits per heavy atom. The number of amides is 2. The average Bonchev–Trinajstić information content (AvgIpc) is 3.17. The molecule has 6 nitrogen and oxygen atoms in total. The van der Waals surface area contributed by atoms with E-state index in [1.54, 1.807) is 28.6 Å². The van der Waals surface area contributed by atoms with Gasteiger partial charge in [0.05, 0.1) is 16.3 Å². The van der Waals surface area contributed by atoms with Gasteiger partial charge in [-0.25, -0.2) is 9.07 Å². The molecule has 0 saturated carbocycles. The van der Waals surface area contributed by atoms with Crippen molar-refractivity contribution < 1.29 is 14.0 Å². The van der Waals surface area contributed by atoms with Crippen molar-refractivity contribution in [3.8, 4) is 5.69 Å². The van der Waals surface area contributed by atoms with Crippen LogP contribution >= 0.6 is 11.3 Å². The minimum Gasteiger partial charge on any atom is -0.354 e. The largest absolute Gasteiger partial charge is 0.354 e. The van der Waals surface area contributed by atoms with E-state index in [1.165, 1.54) is 23.5 Å². The van der Waals surface area contributed by atoms with E-state index in [0.29, 0.717) is 18.0 Å². The third-order valence-corrected chi connectivity index (χ3v) is 5.91. The highest BCUT2D eigenvalue weighted by Crippen LogP contribution is 2.31. The van der Waals surface area contributed by atoms with E-state index in [4.69, 9.17) is 0 Å². The third kappa shape index (κ3) is 3.10. The molecule has 0 spiro atoms. The van der Waals surface area contributed by atoms with Gasteiger partial charge in [0.15, 0.2) is 0 Å². The van der Waals surface area contributed by atoms with Gasteiger partial charge in [0.1, 0.15) is 16.7 Å². The fourth-order valence-corrected chi connectivity index (χ4v) is 4.41. The Labute approximate surface area is 159 Å². The van der Waals surface area contributed by atoms with Crippen LogP contribution in [-0.4, -0.2) is 45.6 Å². The summed E-state index contributed by atoms with van der Waals surface area (Å²) in [4.78, 5) is 28.1. The first-order valence-electron chi connectivity index (χ1n) is 8.79. The fraction of sp³-hybridized carbons (Fsp3) is 0.316. The van der Waals surface area contributed by atoms with E-state index in [-0.39, 0.29) is 17.6 Å². The summed E-state index contributed by atoms with van der Waals surface area (Å²) in [7, 11) is 0. The van der Waals surface area contributed by atoms with Crippen LogP contribution in [0.1, 0.15) is 28.7 Å². The molecule has 1 N–H and O–H groups in total. The topological polar surface area (TPSA) is 67.2 Å². The molecule has 2 amide bonds. The molecule has 1 aromatic carbocycles. The number of rotatable bonds is 2. The Bertz CT molecular complexity index is 1020. The lowest BCUT2D eigenvalue weighted by molar-refractivity contribution is -0.124. The van der Waals surface area contributed by atoms with E-state index < -0.39 is 6.04 Å². The van der Waals surface area contributed by atoms with Gasteiger partial charge in [-0.05, 0) is 50.6 Å². The smallest absolute Gasteiger partial charge is 0.264 e. The Morgan fingerprint density at radius 1 is 1.33 bits per heavy atom. The lowest BCUT2D eigenvalue weighted by Gasteiger charge is -2.24. The molecule has 3 aromatic rings. The highest BCUT2D eigenvalue weighted by Gasteiger charge is 2.30. The lowest BCUT2D eigenvalue weighted by atomic mass is 10.2. The van der Waals surface area contributed by atoms with E-state index in [0.717, 1.165) is 28.0 Å². The monoisotopic (exact) mass is 386 g/mol. The summed E-state index contributed by atoms with van der Waals surface area (Å²) >= 11 is 1.34. The highest BCUT2D eigenvalue weighted by atomic mass is 32.1. The second-order valence-corrected chi connectivity index (χ2v) is 7.65. The van der Waals surface area contributed by atoms with Gasteiger partial charge >= 0.3 is 0 Å². The van der Waals surface area contributed by atoms with E-state index in [2.05, 4.69) is 10.4 Å². The van der Waals surface area contributed by atoms with Gasteiger partial charge < -0.3 is 10.2 Å². The van der Waals surface area contributed by atoms with E-state index >= 15 is 0 Å². The van der Waals surface area contributed by atoms with Gasteiger partial charge in [-0.1, -0.05) is 0 Å². The van der Waals surface area contributed by atoms with Gasteiger partial charge in [0.2, 0.25) is 5.91 Å². The second kappa shape index (κ2) is 6.77. The van der Waals surface area contributed by atoms with Crippen molar-refractivity contribution in [2.24, 2.45) is 0 Å². The zero-order valence-electron chi connectivity index (χ0n) is 15.0. The first-order valence-corrected chi connectivity index (χ1v) is 9.61. The summed E-state index contributed by atoms with van der Waals surface area (Å²) in [5, 5.41) is 8.23. The molecule has 140 valence electrons. The molecular formula is C19H19FN4O2S. The quantitative estimate of drug-likeness (QED) is 0.736. The predicted octanol–water partition coefficient (Wildman–Crippen LogP) is 2.89. The van der Waals surface area contributed by atoms with Crippen molar-refractivity contribution in [3.05, 3.63) is 46.7 Å². The summed E-state index contributed by atoms with van der Waals surface area (Å²) in [5.41, 5.74) is 1.53. The number of hydrogen-bond donors (Lipinski definition) is 1. The minimum atomic E-state index is -0.500. The van der Waals surface area contributed by atoms with Crippen LogP contribution in [0.25, 0.3) is 15.9 Å². The third-order valence-electron chi connectivity index (χ3n) is 4.81. The molecular weight excluding hydrogens is 367 g/mol. The number of carbonyl (C=O) groups is 2. The minimum absolute atomic E-state index is 0.129. The average molecular weight is 386 g/mol. The summed E-state index contributed by atoms with van der Waals surface area (Å²) in [6.45, 7) is 4.75. The van der Waals surface area contributed by atoms with Gasteiger partial charge in [-0.2, -0.15) is 5.10 Å². The molecule has 2 aromatic heterocycles. The number of aryl methyl sites for hydroxylation is 1. The SMILES string of the molecule is Cc1nn(-c2ccc(F)cc2)c2sc(C(=O)N3CCCNC(=O)[C@H]3C)cc12. The van der Waals surface area contributed by atoms with Crippen LogP contribution in [0.4, 0.5) is 4.39 Å². The van der Waals surface area contributed by atoms with E-state index in [1.807, 2.05) is 13.0 Å². The molecule has 27 heavy (non-hydrogen) atoms. The number of carbonyl (C=O) groups excluding carboxylic acids is 2. The maximum atomic E-state index is 13.2. The van der Waals surface area contributed by atoms with Crippen molar-refractivity contribution in [2.75, 3.05) is 13.1 Å². The van der Waals surface area contributed by atoms with Gasteiger partial charge in [-0.3, -0.25) is 9.59 Å². The fourth-order valence-electron chi connectivity index (χ4n) is 3.27. The zero-order valence-corrected chi connectivity index (χ0v) is 15.8. The summed E-state index contributed by atoms with van der Waals surface area (Å²) in [6.07, 6.45) is 0.731. The van der Waals surface area contributed by atoms with Crippen LogP contribution in [0.15, 0.2) is 30.3 Å². The van der Waals surface area contributed by atoms with Gasteiger partial charge in [0.25, 0.3) is 5.91 Å². The number of nitrogens with one attached hydrogen (secondary N) is 1. The van der Waals surface area contributed by atoms with Crippen LogP contribution in [0.5, 0.6) is 0 Å². The number of benzene rings is 1. The lowest BCUT2D eigenvalue weighted by Crippen LogP contribution is -2.45. The van der Waals surface area contributed by atoms with Crippen molar-refractivity contribution in [1.82, 2.24) is 20.0 Å². The molecule has 0 radical (unpaired) electrons. The molecule has 1 atom stereocenters. The molecule has 4 rings (SSSR count). The number of nitrogens with zero attached hydrogens (tertiary/aromatic N) is 3. The number of halogens is 1. The molecule has 3 heterocycles. The molecule has 1 aliphatic heterocycles.